The molecule has 0 atom stereocenters. The van der Waals surface area contributed by atoms with E-state index in [1.807, 2.05) is 4.90 Å². The molecular formula is C29H56N2O3. The summed E-state index contributed by atoms with van der Waals surface area (Å²) >= 11 is 0. The Balaban J connectivity index is 4.12. The van der Waals surface area contributed by atoms with Crippen molar-refractivity contribution in [2.24, 2.45) is 5.73 Å². The van der Waals surface area contributed by atoms with E-state index in [2.05, 4.69) is 13.8 Å². The minimum absolute atomic E-state index is 0.141. The number of carbonyl (C=O) groups excluding carboxylic acids is 3. The highest BCUT2D eigenvalue weighted by atomic mass is 16.2. The van der Waals surface area contributed by atoms with Gasteiger partial charge < -0.3 is 10.6 Å². The van der Waals surface area contributed by atoms with Gasteiger partial charge in [-0.3, -0.25) is 14.4 Å². The molecule has 5 nitrogen and oxygen atoms in total. The van der Waals surface area contributed by atoms with Gasteiger partial charge in [-0.05, 0) is 12.8 Å². The number of Topliss-reactive ketones (excluding diaryl/α,β-unsaturated/α-hetero) is 1. The lowest BCUT2D eigenvalue weighted by atomic mass is 10.1. The number of nitrogens with zero attached hydrogens (tertiary/aromatic N) is 1. The number of unbranched alkanes of at least 4 members (excludes halogenated alkanes) is 18. The maximum Gasteiger partial charge on any atom is 0.230 e. The molecule has 0 aliphatic carbocycles. The van der Waals surface area contributed by atoms with Gasteiger partial charge in [0.1, 0.15) is 0 Å². The van der Waals surface area contributed by atoms with E-state index >= 15 is 0 Å². The first-order valence-corrected chi connectivity index (χ1v) is 14.6. The second-order valence-electron chi connectivity index (χ2n) is 10.1. The van der Waals surface area contributed by atoms with E-state index in [0.717, 1.165) is 38.8 Å². The first-order valence-electron chi connectivity index (χ1n) is 14.6. The van der Waals surface area contributed by atoms with Crippen molar-refractivity contribution in [3.63, 3.8) is 0 Å². The third-order valence-corrected chi connectivity index (χ3v) is 6.64. The zero-order chi connectivity index (χ0) is 25.3. The Labute approximate surface area is 211 Å². The molecule has 0 bridgehead atoms. The molecule has 200 valence electrons. The van der Waals surface area contributed by atoms with Gasteiger partial charge in [0.2, 0.25) is 11.8 Å². The SMILES string of the molecule is CCCCCCCCCCCCN(CCCCCCCCCCCC)C(=O)CC(=O)CC(N)=O. The highest BCUT2D eigenvalue weighted by Gasteiger charge is 2.18. The molecule has 0 saturated heterocycles. The normalized spacial score (nSPS) is 11.0. The van der Waals surface area contributed by atoms with Crippen LogP contribution in [0, 0.1) is 0 Å². The molecular weight excluding hydrogens is 424 g/mol. The number of nitrogens with two attached hydrogens (primary N) is 1. The molecule has 0 aromatic carbocycles. The van der Waals surface area contributed by atoms with Crippen molar-refractivity contribution in [2.75, 3.05) is 13.1 Å². The summed E-state index contributed by atoms with van der Waals surface area (Å²) in [5.74, 6) is -1.17. The third-order valence-electron chi connectivity index (χ3n) is 6.64. The van der Waals surface area contributed by atoms with Crippen molar-refractivity contribution in [3.05, 3.63) is 0 Å². The van der Waals surface area contributed by atoms with Crippen molar-refractivity contribution in [2.45, 2.75) is 155 Å². The van der Waals surface area contributed by atoms with E-state index in [0.29, 0.717) is 0 Å². The zero-order valence-electron chi connectivity index (χ0n) is 22.7. The molecule has 0 saturated carbocycles. The van der Waals surface area contributed by atoms with Crippen molar-refractivity contribution in [1.29, 1.82) is 0 Å². The van der Waals surface area contributed by atoms with E-state index < -0.39 is 5.91 Å². The molecule has 0 rings (SSSR count). The first kappa shape index (κ1) is 32.6. The molecule has 0 aliphatic heterocycles. The predicted molar refractivity (Wildman–Crippen MR) is 144 cm³/mol. The number of ketones is 1. The number of carbonyl (C=O) groups is 3. The second kappa shape index (κ2) is 24.7. The van der Waals surface area contributed by atoms with E-state index in [-0.39, 0.29) is 24.5 Å². The maximum absolute atomic E-state index is 12.7. The third kappa shape index (κ3) is 22.4. The summed E-state index contributed by atoms with van der Waals surface area (Å²) in [5, 5.41) is 0. The van der Waals surface area contributed by atoms with E-state index in [1.54, 1.807) is 0 Å². The lowest BCUT2D eigenvalue weighted by Crippen LogP contribution is -2.35. The monoisotopic (exact) mass is 480 g/mol. The fourth-order valence-corrected chi connectivity index (χ4v) is 4.48. The van der Waals surface area contributed by atoms with E-state index in [9.17, 15) is 14.4 Å². The van der Waals surface area contributed by atoms with Crippen LogP contribution in [0.3, 0.4) is 0 Å². The van der Waals surface area contributed by atoms with Crippen LogP contribution in [-0.2, 0) is 14.4 Å². The Kier molecular flexibility index (Phi) is 23.7. The fraction of sp³-hybridized carbons (Fsp3) is 0.897. The van der Waals surface area contributed by atoms with Gasteiger partial charge in [-0.15, -0.1) is 0 Å². The molecule has 0 fully saturated rings. The van der Waals surface area contributed by atoms with E-state index in [4.69, 9.17) is 5.73 Å². The number of primary amides is 1. The summed E-state index contributed by atoms with van der Waals surface area (Å²) in [7, 11) is 0. The summed E-state index contributed by atoms with van der Waals surface area (Å²) in [6.45, 7) is 5.93. The number of hydrogen-bond acceptors (Lipinski definition) is 3. The van der Waals surface area contributed by atoms with Gasteiger partial charge in [-0.25, -0.2) is 0 Å². The number of amides is 2. The van der Waals surface area contributed by atoms with Gasteiger partial charge in [0.15, 0.2) is 5.78 Å². The molecule has 5 heteroatoms. The molecule has 0 radical (unpaired) electrons. The van der Waals surface area contributed by atoms with Crippen molar-refractivity contribution in [1.82, 2.24) is 4.90 Å². The van der Waals surface area contributed by atoms with Crippen LogP contribution < -0.4 is 5.73 Å². The minimum atomic E-state index is -0.659. The van der Waals surface area contributed by atoms with Crippen LogP contribution in [0.1, 0.15) is 155 Å². The molecule has 0 aliphatic rings. The quantitative estimate of drug-likeness (QED) is 0.103. The van der Waals surface area contributed by atoms with Crippen LogP contribution in [0.5, 0.6) is 0 Å². The standard InChI is InChI=1S/C29H56N2O3/c1-3-5-7-9-11-13-15-17-19-21-23-31(29(34)26-27(32)25-28(30)33)24-22-20-18-16-14-12-10-8-6-4-2/h3-26H2,1-2H3,(H2,30,33). The Morgan fingerprint density at radius 1 is 0.500 bits per heavy atom. The van der Waals surface area contributed by atoms with Gasteiger partial charge in [0.05, 0.1) is 12.8 Å². The van der Waals surface area contributed by atoms with Crippen LogP contribution in [0.4, 0.5) is 0 Å². The number of hydrogen-bond donors (Lipinski definition) is 1. The van der Waals surface area contributed by atoms with Crippen LogP contribution in [0.25, 0.3) is 0 Å². The van der Waals surface area contributed by atoms with Crippen LogP contribution >= 0.6 is 0 Å². The van der Waals surface area contributed by atoms with E-state index in [1.165, 1.54) is 103 Å². The van der Waals surface area contributed by atoms with Crippen molar-refractivity contribution < 1.29 is 14.4 Å². The van der Waals surface area contributed by atoms with Gasteiger partial charge in [0.25, 0.3) is 0 Å². The summed E-state index contributed by atoms with van der Waals surface area (Å²) in [6.07, 6.45) is 24.7. The molecule has 34 heavy (non-hydrogen) atoms. The molecule has 0 spiro atoms. The lowest BCUT2D eigenvalue weighted by Gasteiger charge is -2.22. The van der Waals surface area contributed by atoms with Crippen molar-refractivity contribution >= 4 is 17.6 Å². The maximum atomic E-state index is 12.7. The van der Waals surface area contributed by atoms with Crippen LogP contribution in [-0.4, -0.2) is 35.6 Å². The average molecular weight is 481 g/mol. The fourth-order valence-electron chi connectivity index (χ4n) is 4.48. The molecule has 0 unspecified atom stereocenters. The Morgan fingerprint density at radius 2 is 0.824 bits per heavy atom. The van der Waals surface area contributed by atoms with Gasteiger partial charge >= 0.3 is 0 Å². The summed E-state index contributed by atoms with van der Waals surface area (Å²) < 4.78 is 0. The van der Waals surface area contributed by atoms with Gasteiger partial charge in [-0.1, -0.05) is 129 Å². The summed E-state index contributed by atoms with van der Waals surface area (Å²) in [6, 6.07) is 0. The topological polar surface area (TPSA) is 80.5 Å². The first-order chi connectivity index (χ1) is 16.5. The summed E-state index contributed by atoms with van der Waals surface area (Å²) in [5.41, 5.74) is 5.10. The smallest absolute Gasteiger partial charge is 0.230 e. The Hall–Kier alpha value is -1.39. The van der Waals surface area contributed by atoms with Crippen LogP contribution in [0.2, 0.25) is 0 Å². The second-order valence-corrected chi connectivity index (χ2v) is 10.1. The van der Waals surface area contributed by atoms with Crippen molar-refractivity contribution in [3.8, 4) is 0 Å². The predicted octanol–water partition coefficient (Wildman–Crippen LogP) is 7.49. The van der Waals surface area contributed by atoms with Gasteiger partial charge in [0, 0.05) is 13.1 Å². The largest absolute Gasteiger partial charge is 0.369 e. The van der Waals surface area contributed by atoms with Gasteiger partial charge in [-0.2, -0.15) is 0 Å². The molecule has 2 amide bonds. The summed E-state index contributed by atoms with van der Waals surface area (Å²) in [4.78, 5) is 37.4. The Bertz CT molecular complexity index is 484. The zero-order valence-corrected chi connectivity index (χ0v) is 22.7. The average Bonchev–Trinajstić information content (AvgIpc) is 2.79. The van der Waals surface area contributed by atoms with Crippen LogP contribution in [0.15, 0.2) is 0 Å². The Morgan fingerprint density at radius 3 is 1.15 bits per heavy atom. The number of rotatable bonds is 26. The minimum Gasteiger partial charge on any atom is -0.369 e. The molecule has 0 aromatic heterocycles. The molecule has 0 aromatic rings. The lowest BCUT2D eigenvalue weighted by molar-refractivity contribution is -0.136. The highest BCUT2D eigenvalue weighted by Crippen LogP contribution is 2.13. The molecule has 0 heterocycles. The highest BCUT2D eigenvalue weighted by molar-refractivity contribution is 6.05. The molecule has 2 N–H and O–H groups in total.